The Balaban J connectivity index is 1.94. The minimum absolute atomic E-state index is 0.133. The molecule has 1 aromatic carbocycles. The second-order valence-corrected chi connectivity index (χ2v) is 8.32. The van der Waals surface area contributed by atoms with Crippen molar-refractivity contribution in [3.8, 4) is 11.5 Å². The quantitative estimate of drug-likeness (QED) is 0.710. The predicted octanol–water partition coefficient (Wildman–Crippen LogP) is 5.82. The van der Waals surface area contributed by atoms with Crippen molar-refractivity contribution in [2.75, 3.05) is 0 Å². The van der Waals surface area contributed by atoms with Crippen molar-refractivity contribution in [3.63, 3.8) is 0 Å². The van der Waals surface area contributed by atoms with Gasteiger partial charge < -0.3 is 9.84 Å². The van der Waals surface area contributed by atoms with Gasteiger partial charge in [0.15, 0.2) is 0 Å². The predicted molar refractivity (Wildman–Crippen MR) is 95.3 cm³/mol. The average molecular weight is 316 g/mol. The molecule has 0 saturated heterocycles. The Hall–Kier alpha value is -1.18. The Labute approximate surface area is 141 Å². The number of phenols is 1. The van der Waals surface area contributed by atoms with Gasteiger partial charge in [0, 0.05) is 11.5 Å². The van der Waals surface area contributed by atoms with Crippen molar-refractivity contribution in [3.05, 3.63) is 23.3 Å². The number of fused-ring (bicyclic) bond motifs is 3. The van der Waals surface area contributed by atoms with Crippen molar-refractivity contribution in [1.82, 2.24) is 0 Å². The molecule has 2 heteroatoms. The second-order valence-electron chi connectivity index (χ2n) is 8.32. The standard InChI is InChI=1S/C21H32O2/c1-5-6-7-8-15-12-18(22)20-16-11-14(2)9-10-17(16)21(3,4)23-19(20)13-15/h12-14,16-17,22H,5-11H2,1-4H3/t14?,16-,17-/m1/s1. The summed E-state index contributed by atoms with van der Waals surface area (Å²) < 4.78 is 6.39. The number of rotatable bonds is 4. The number of benzene rings is 1. The number of hydrogen-bond donors (Lipinski definition) is 1. The molecule has 0 radical (unpaired) electrons. The molecule has 0 aromatic heterocycles. The molecular formula is C21H32O2. The molecule has 3 atom stereocenters. The van der Waals surface area contributed by atoms with Crippen molar-refractivity contribution in [2.45, 2.75) is 84.2 Å². The van der Waals surface area contributed by atoms with Crippen LogP contribution in [-0.2, 0) is 6.42 Å². The van der Waals surface area contributed by atoms with Crippen LogP contribution >= 0.6 is 0 Å². The minimum Gasteiger partial charge on any atom is -0.508 e. The van der Waals surface area contributed by atoms with E-state index >= 15 is 0 Å². The molecule has 1 saturated carbocycles. The first-order valence-electron chi connectivity index (χ1n) is 9.47. The van der Waals surface area contributed by atoms with Crippen LogP contribution in [0.15, 0.2) is 12.1 Å². The highest BCUT2D eigenvalue weighted by Crippen LogP contribution is 2.55. The fourth-order valence-corrected chi connectivity index (χ4v) is 4.74. The number of aromatic hydroxyl groups is 1. The number of ether oxygens (including phenoxy) is 1. The first-order valence-corrected chi connectivity index (χ1v) is 9.47. The molecule has 0 amide bonds. The van der Waals surface area contributed by atoms with E-state index in [-0.39, 0.29) is 5.60 Å². The lowest BCUT2D eigenvalue weighted by atomic mass is 9.64. The SMILES string of the molecule is CCCCCc1cc(O)c2c(c1)OC(C)(C)[C@@H]1CCC(C)C[C@@H]21. The van der Waals surface area contributed by atoms with Crippen molar-refractivity contribution in [2.24, 2.45) is 11.8 Å². The molecule has 2 aliphatic rings. The summed E-state index contributed by atoms with van der Waals surface area (Å²) >= 11 is 0. The van der Waals surface area contributed by atoms with Gasteiger partial charge in [-0.3, -0.25) is 0 Å². The van der Waals surface area contributed by atoms with Crippen LogP contribution in [0.5, 0.6) is 11.5 Å². The lowest BCUT2D eigenvalue weighted by Crippen LogP contribution is -2.46. The molecular weight excluding hydrogens is 284 g/mol. The Morgan fingerprint density at radius 2 is 2.00 bits per heavy atom. The summed E-state index contributed by atoms with van der Waals surface area (Å²) in [5.74, 6) is 3.11. The zero-order valence-electron chi connectivity index (χ0n) is 15.2. The summed E-state index contributed by atoms with van der Waals surface area (Å²) in [5, 5.41) is 10.7. The molecule has 1 N–H and O–H groups in total. The molecule has 23 heavy (non-hydrogen) atoms. The van der Waals surface area contributed by atoms with E-state index < -0.39 is 0 Å². The Morgan fingerprint density at radius 1 is 1.22 bits per heavy atom. The summed E-state index contributed by atoms with van der Waals surface area (Å²) in [7, 11) is 0. The molecule has 1 aliphatic heterocycles. The fraction of sp³-hybridized carbons (Fsp3) is 0.714. The molecule has 0 spiro atoms. The van der Waals surface area contributed by atoms with E-state index in [1.807, 2.05) is 6.07 Å². The average Bonchev–Trinajstić information content (AvgIpc) is 2.46. The molecule has 1 unspecified atom stereocenters. The third kappa shape index (κ3) is 3.22. The van der Waals surface area contributed by atoms with Crippen molar-refractivity contribution >= 4 is 0 Å². The zero-order valence-corrected chi connectivity index (χ0v) is 15.2. The number of aryl methyl sites for hydroxylation is 1. The van der Waals surface area contributed by atoms with Gasteiger partial charge in [-0.05, 0) is 69.1 Å². The lowest BCUT2D eigenvalue weighted by molar-refractivity contribution is -0.0145. The fourth-order valence-electron chi connectivity index (χ4n) is 4.74. The second kappa shape index (κ2) is 6.37. The molecule has 2 nitrogen and oxygen atoms in total. The van der Waals surface area contributed by atoms with Gasteiger partial charge >= 0.3 is 0 Å². The van der Waals surface area contributed by atoms with Crippen LogP contribution in [-0.4, -0.2) is 10.7 Å². The summed E-state index contributed by atoms with van der Waals surface area (Å²) in [6.07, 6.45) is 8.33. The lowest BCUT2D eigenvalue weighted by Gasteiger charge is -2.48. The van der Waals surface area contributed by atoms with E-state index in [2.05, 4.69) is 33.8 Å². The Kier molecular flexibility index (Phi) is 4.62. The largest absolute Gasteiger partial charge is 0.508 e. The first kappa shape index (κ1) is 16.7. The molecule has 1 aromatic rings. The van der Waals surface area contributed by atoms with E-state index in [1.165, 1.54) is 44.1 Å². The van der Waals surface area contributed by atoms with Crippen molar-refractivity contribution in [1.29, 1.82) is 0 Å². The van der Waals surface area contributed by atoms with E-state index in [9.17, 15) is 5.11 Å². The normalized spacial score (nSPS) is 28.6. The summed E-state index contributed by atoms with van der Waals surface area (Å²) in [6.45, 7) is 9.02. The van der Waals surface area contributed by atoms with Crippen LogP contribution < -0.4 is 4.74 Å². The van der Waals surface area contributed by atoms with Crippen LogP contribution in [0.4, 0.5) is 0 Å². The summed E-state index contributed by atoms with van der Waals surface area (Å²) in [4.78, 5) is 0. The molecule has 0 bridgehead atoms. The topological polar surface area (TPSA) is 29.5 Å². The van der Waals surface area contributed by atoms with Crippen LogP contribution in [0, 0.1) is 11.8 Å². The van der Waals surface area contributed by atoms with Crippen LogP contribution in [0.3, 0.4) is 0 Å². The van der Waals surface area contributed by atoms with Gasteiger partial charge in [0.2, 0.25) is 0 Å². The van der Waals surface area contributed by atoms with Crippen LogP contribution in [0.25, 0.3) is 0 Å². The van der Waals surface area contributed by atoms with E-state index in [4.69, 9.17) is 4.74 Å². The molecule has 1 heterocycles. The maximum absolute atomic E-state index is 10.7. The van der Waals surface area contributed by atoms with Gasteiger partial charge in [-0.15, -0.1) is 0 Å². The van der Waals surface area contributed by atoms with Gasteiger partial charge in [0.1, 0.15) is 17.1 Å². The molecule has 128 valence electrons. The summed E-state index contributed by atoms with van der Waals surface area (Å²) in [5.41, 5.74) is 2.17. The maximum Gasteiger partial charge on any atom is 0.127 e. The highest BCUT2D eigenvalue weighted by atomic mass is 16.5. The third-order valence-corrected chi connectivity index (χ3v) is 6.00. The van der Waals surface area contributed by atoms with Gasteiger partial charge in [-0.25, -0.2) is 0 Å². The van der Waals surface area contributed by atoms with Crippen LogP contribution in [0.1, 0.15) is 83.3 Å². The summed E-state index contributed by atoms with van der Waals surface area (Å²) in [6, 6.07) is 4.19. The monoisotopic (exact) mass is 316 g/mol. The molecule has 3 rings (SSSR count). The maximum atomic E-state index is 10.7. The van der Waals surface area contributed by atoms with Gasteiger partial charge in [-0.1, -0.05) is 33.1 Å². The van der Waals surface area contributed by atoms with Gasteiger partial charge in [0.25, 0.3) is 0 Å². The van der Waals surface area contributed by atoms with Gasteiger partial charge in [-0.2, -0.15) is 0 Å². The van der Waals surface area contributed by atoms with E-state index in [0.717, 1.165) is 23.7 Å². The Bertz CT molecular complexity index is 561. The molecule has 1 aliphatic carbocycles. The van der Waals surface area contributed by atoms with E-state index in [1.54, 1.807) is 0 Å². The number of phenolic OH excluding ortho intramolecular Hbond substituents is 1. The van der Waals surface area contributed by atoms with Crippen LogP contribution in [0.2, 0.25) is 0 Å². The third-order valence-electron chi connectivity index (χ3n) is 6.00. The van der Waals surface area contributed by atoms with Crippen molar-refractivity contribution < 1.29 is 9.84 Å². The zero-order chi connectivity index (χ0) is 16.6. The highest BCUT2D eigenvalue weighted by Gasteiger charge is 2.47. The highest BCUT2D eigenvalue weighted by molar-refractivity contribution is 5.52. The smallest absolute Gasteiger partial charge is 0.127 e. The Morgan fingerprint density at radius 3 is 2.74 bits per heavy atom. The first-order chi connectivity index (χ1) is 10.9. The van der Waals surface area contributed by atoms with E-state index in [0.29, 0.717) is 17.6 Å². The number of hydrogen-bond acceptors (Lipinski definition) is 2. The number of unbranched alkanes of at least 4 members (excludes halogenated alkanes) is 2. The van der Waals surface area contributed by atoms with Gasteiger partial charge in [0.05, 0.1) is 0 Å². The minimum atomic E-state index is -0.133. The molecule has 1 fully saturated rings.